The first-order chi connectivity index (χ1) is 18.7. The van der Waals surface area contributed by atoms with Gasteiger partial charge in [-0.1, -0.05) is 44.5 Å². The molecule has 5 rings (SSSR count). The molecular weight excluding hydrogens is 510 g/mol. The summed E-state index contributed by atoms with van der Waals surface area (Å²) in [5.74, 6) is 0. The van der Waals surface area contributed by atoms with Gasteiger partial charge >= 0.3 is 0 Å². The van der Waals surface area contributed by atoms with Crippen molar-refractivity contribution in [2.75, 3.05) is 17.2 Å². The second-order valence-corrected chi connectivity index (χ2v) is 11.5. The Morgan fingerprint density at radius 1 is 1.15 bits per heavy atom. The third kappa shape index (κ3) is 5.26. The lowest BCUT2D eigenvalue weighted by molar-refractivity contribution is 0.217. The highest BCUT2D eigenvalue weighted by Gasteiger charge is 2.50. The van der Waals surface area contributed by atoms with Gasteiger partial charge < -0.3 is 16.1 Å². The van der Waals surface area contributed by atoms with Crippen LogP contribution in [0.15, 0.2) is 54.5 Å². The van der Waals surface area contributed by atoms with E-state index in [1.54, 1.807) is 23.3 Å². The third-order valence-electron chi connectivity index (χ3n) is 6.79. The molecule has 4 N–H and O–H groups in total. The first-order valence-electron chi connectivity index (χ1n) is 12.6. The zero-order chi connectivity index (χ0) is 27.8. The summed E-state index contributed by atoms with van der Waals surface area (Å²) in [4.78, 5) is 4.46. The second kappa shape index (κ2) is 10.0. The van der Waals surface area contributed by atoms with E-state index in [0.717, 1.165) is 29.5 Å². The van der Waals surface area contributed by atoms with E-state index in [9.17, 15) is 15.8 Å². The number of hydrazine groups is 2. The normalized spacial score (nSPS) is 16.3. The minimum atomic E-state index is -0.562. The zero-order valence-corrected chi connectivity index (χ0v) is 22.7. The Morgan fingerprint density at radius 2 is 1.95 bits per heavy atom. The van der Waals surface area contributed by atoms with Crippen LogP contribution >= 0.6 is 11.6 Å². The molecular formula is C29H28ClN9. The number of nitrogens with zero attached hydrogens (tertiary/aromatic N) is 5. The molecule has 3 aromatic rings. The van der Waals surface area contributed by atoms with Gasteiger partial charge in [0.15, 0.2) is 0 Å². The van der Waals surface area contributed by atoms with Gasteiger partial charge in [0.25, 0.3) is 0 Å². The number of benzene rings is 2. The highest BCUT2D eigenvalue weighted by Crippen LogP contribution is 2.42. The lowest BCUT2D eigenvalue weighted by Crippen LogP contribution is -2.44. The summed E-state index contributed by atoms with van der Waals surface area (Å²) < 4.78 is 0. The molecule has 1 aliphatic carbocycles. The van der Waals surface area contributed by atoms with Crippen molar-refractivity contribution in [3.8, 4) is 18.2 Å². The molecule has 0 amide bonds. The number of halogens is 1. The van der Waals surface area contributed by atoms with Crippen LogP contribution in [0.1, 0.15) is 56.3 Å². The van der Waals surface area contributed by atoms with Crippen LogP contribution in [0.5, 0.6) is 0 Å². The molecule has 0 spiro atoms. The summed E-state index contributed by atoms with van der Waals surface area (Å²) in [7, 11) is 0. The van der Waals surface area contributed by atoms with Crippen LogP contribution in [-0.4, -0.2) is 22.1 Å². The van der Waals surface area contributed by atoms with Crippen molar-refractivity contribution in [1.82, 2.24) is 21.0 Å². The van der Waals surface area contributed by atoms with E-state index in [1.165, 1.54) is 0 Å². The standard InChI is InChI=1S/C29H28ClN9/c1-28(2,3)17-35-25-20(13-32)14-34-27-22(25)10-21(11-23(27)30)36-26(19-6-4-5-18(9-19)12-31)24-15-39(38-37-24)29(16-33)7-8-29/h4-6,9-11,14-15,26,36-38H,7-8,17H2,1-3H3,(H,34,35). The van der Waals surface area contributed by atoms with Crippen LogP contribution in [0.4, 0.5) is 11.4 Å². The Morgan fingerprint density at radius 3 is 2.62 bits per heavy atom. The quantitative estimate of drug-likeness (QED) is 0.309. The average Bonchev–Trinajstić information content (AvgIpc) is 3.57. The highest BCUT2D eigenvalue weighted by atomic mass is 35.5. The molecule has 2 aromatic carbocycles. The third-order valence-corrected chi connectivity index (χ3v) is 7.08. The van der Waals surface area contributed by atoms with E-state index in [2.05, 4.69) is 65.6 Å². The fourth-order valence-electron chi connectivity index (χ4n) is 4.50. The molecule has 1 saturated carbocycles. The number of nitrogens with one attached hydrogen (secondary N) is 4. The van der Waals surface area contributed by atoms with Gasteiger partial charge in [-0.25, -0.2) is 0 Å². The molecule has 0 radical (unpaired) electrons. The minimum Gasteiger partial charge on any atom is -0.383 e. The van der Waals surface area contributed by atoms with Crippen molar-refractivity contribution in [2.45, 2.75) is 45.2 Å². The van der Waals surface area contributed by atoms with Gasteiger partial charge in [0.1, 0.15) is 11.6 Å². The fourth-order valence-corrected chi connectivity index (χ4v) is 4.77. The molecule has 0 saturated heterocycles. The average molecular weight is 538 g/mol. The lowest BCUT2D eigenvalue weighted by Gasteiger charge is -2.23. The monoisotopic (exact) mass is 537 g/mol. The molecule has 2 heterocycles. The first-order valence-corrected chi connectivity index (χ1v) is 13.0. The summed E-state index contributed by atoms with van der Waals surface area (Å²) in [5, 5.41) is 38.9. The van der Waals surface area contributed by atoms with E-state index in [0.29, 0.717) is 39.6 Å². The topological polar surface area (TPSA) is 136 Å². The number of rotatable bonds is 7. The maximum absolute atomic E-state index is 9.79. The van der Waals surface area contributed by atoms with Gasteiger partial charge in [-0.15, -0.1) is 5.53 Å². The largest absolute Gasteiger partial charge is 0.383 e. The maximum Gasteiger partial charge on any atom is 0.143 e. The summed E-state index contributed by atoms with van der Waals surface area (Å²) in [6, 6.07) is 17.5. The molecule has 0 bridgehead atoms. The Labute approximate surface area is 232 Å². The number of hydrogen-bond acceptors (Lipinski definition) is 9. The van der Waals surface area contributed by atoms with E-state index in [4.69, 9.17) is 11.6 Å². The summed E-state index contributed by atoms with van der Waals surface area (Å²) in [5.41, 5.74) is 10.3. The zero-order valence-electron chi connectivity index (χ0n) is 21.9. The molecule has 9 nitrogen and oxygen atoms in total. The van der Waals surface area contributed by atoms with Gasteiger partial charge in [-0.3, -0.25) is 9.99 Å². The number of fused-ring (bicyclic) bond motifs is 1. The van der Waals surface area contributed by atoms with Gasteiger partial charge in [0.2, 0.25) is 0 Å². The van der Waals surface area contributed by atoms with Crippen LogP contribution in [0.3, 0.4) is 0 Å². The Bertz CT molecular complexity index is 1600. The summed E-state index contributed by atoms with van der Waals surface area (Å²) in [6.07, 6.45) is 4.99. The summed E-state index contributed by atoms with van der Waals surface area (Å²) >= 11 is 6.72. The Balaban J connectivity index is 1.58. The number of pyridine rings is 1. The number of nitriles is 3. The van der Waals surface area contributed by atoms with Crippen LogP contribution in [0.2, 0.25) is 5.02 Å². The first kappa shape index (κ1) is 26.1. The van der Waals surface area contributed by atoms with Crippen LogP contribution in [0.25, 0.3) is 10.9 Å². The van der Waals surface area contributed by atoms with Crippen molar-refractivity contribution < 1.29 is 0 Å². The van der Waals surface area contributed by atoms with Crippen LogP contribution in [-0.2, 0) is 0 Å². The molecule has 1 fully saturated rings. The molecule has 10 heteroatoms. The van der Waals surface area contributed by atoms with Crippen molar-refractivity contribution in [3.05, 3.63) is 76.2 Å². The van der Waals surface area contributed by atoms with E-state index >= 15 is 0 Å². The molecule has 1 aromatic heterocycles. The molecule has 1 aliphatic heterocycles. The van der Waals surface area contributed by atoms with Crippen molar-refractivity contribution in [3.63, 3.8) is 0 Å². The smallest absolute Gasteiger partial charge is 0.143 e. The van der Waals surface area contributed by atoms with Gasteiger partial charge in [-0.2, -0.15) is 15.8 Å². The van der Waals surface area contributed by atoms with E-state index in [-0.39, 0.29) is 5.41 Å². The predicted octanol–water partition coefficient (Wildman–Crippen LogP) is 5.47. The number of hydrogen-bond donors (Lipinski definition) is 4. The van der Waals surface area contributed by atoms with Gasteiger partial charge in [0, 0.05) is 30.0 Å². The second-order valence-electron chi connectivity index (χ2n) is 11.1. The van der Waals surface area contributed by atoms with E-state index in [1.807, 2.05) is 30.5 Å². The molecule has 1 unspecified atom stereocenters. The van der Waals surface area contributed by atoms with E-state index < -0.39 is 11.6 Å². The van der Waals surface area contributed by atoms with Crippen molar-refractivity contribution >= 4 is 33.9 Å². The van der Waals surface area contributed by atoms with Crippen LogP contribution < -0.4 is 21.6 Å². The maximum atomic E-state index is 9.79. The molecule has 2 aliphatic rings. The SMILES string of the molecule is CC(C)(C)CNc1c(C#N)cnc2c(Cl)cc(NC(C3=CN(C4(C#N)CC4)NN3)c3cccc(C#N)c3)cc12. The van der Waals surface area contributed by atoms with Gasteiger partial charge in [-0.05, 0) is 48.1 Å². The fraction of sp³-hybridized carbons (Fsp3) is 0.310. The number of anilines is 2. The molecule has 39 heavy (non-hydrogen) atoms. The molecule has 1 atom stereocenters. The van der Waals surface area contributed by atoms with Crippen LogP contribution in [0, 0.1) is 39.4 Å². The predicted molar refractivity (Wildman–Crippen MR) is 151 cm³/mol. The van der Waals surface area contributed by atoms with Crippen molar-refractivity contribution in [1.29, 1.82) is 15.8 Å². The van der Waals surface area contributed by atoms with Gasteiger partial charge in [0.05, 0.1) is 51.2 Å². The lowest BCUT2D eigenvalue weighted by atomic mass is 9.96. The Hall–Kier alpha value is -4.49. The highest BCUT2D eigenvalue weighted by molar-refractivity contribution is 6.35. The minimum absolute atomic E-state index is 0.0132. The number of aromatic nitrogens is 1. The van der Waals surface area contributed by atoms with Crippen molar-refractivity contribution in [2.24, 2.45) is 5.41 Å². The Kier molecular flexibility index (Phi) is 6.70. The summed E-state index contributed by atoms with van der Waals surface area (Å²) in [6.45, 7) is 7.01. The molecule has 196 valence electrons.